The van der Waals surface area contributed by atoms with Crippen LogP contribution in [0.1, 0.15) is 23.7 Å². The minimum Gasteiger partial charge on any atom is -0.480 e. The number of esters is 1. The minimum atomic E-state index is -1.67. The van der Waals surface area contributed by atoms with Crippen molar-refractivity contribution in [1.29, 1.82) is 0 Å². The summed E-state index contributed by atoms with van der Waals surface area (Å²) in [5.74, 6) is -3.06. The topological polar surface area (TPSA) is 200 Å². The maximum absolute atomic E-state index is 12.8. The monoisotopic (exact) mass is 574 g/mol. The molecular weight excluding hydrogens is 540 g/mol. The lowest BCUT2D eigenvalue weighted by atomic mass is 9.77. The second kappa shape index (κ2) is 11.9. The van der Waals surface area contributed by atoms with Gasteiger partial charge in [-0.3, -0.25) is 10.1 Å². The number of fused-ring (bicyclic) bond motifs is 3. The lowest BCUT2D eigenvalue weighted by Gasteiger charge is -2.43. The van der Waals surface area contributed by atoms with E-state index < -0.39 is 79.5 Å². The van der Waals surface area contributed by atoms with Gasteiger partial charge < -0.3 is 49.5 Å². The van der Waals surface area contributed by atoms with E-state index in [1.54, 1.807) is 0 Å². The summed E-state index contributed by atoms with van der Waals surface area (Å²) >= 11 is 0. The van der Waals surface area contributed by atoms with E-state index in [9.17, 15) is 35.1 Å². The standard InChI is InChI=1S/C28H34N2O11/c1-3-12-14(8-18-21-15(9-19(29-18)25(35)36)13-6-4-5-7-17(13)30-21)16(26(37)38-2)11-39-27(12)41-28-24(34)23(33)22(32)20(10-31)40-28/h3-7,11-12,14,18-20,22-24,27-34H,1,8-10H2,2H3,(H,35,36)/t12?,14?,18-,19-,20+,22+,23-,24+,27-,28-/m0/s1. The molecule has 0 bridgehead atoms. The van der Waals surface area contributed by atoms with E-state index in [4.69, 9.17) is 18.9 Å². The average molecular weight is 575 g/mol. The van der Waals surface area contributed by atoms with Crippen LogP contribution in [0.3, 0.4) is 0 Å². The van der Waals surface area contributed by atoms with Gasteiger partial charge in [0.2, 0.25) is 6.29 Å². The zero-order valence-corrected chi connectivity index (χ0v) is 22.3. The van der Waals surface area contributed by atoms with Crippen LogP contribution in [0.2, 0.25) is 0 Å². The Kier molecular flexibility index (Phi) is 8.47. The number of carbonyl (C=O) groups is 2. The number of aliphatic carboxylic acids is 1. The Bertz CT molecular complexity index is 1320. The number of hydrogen-bond donors (Lipinski definition) is 7. The summed E-state index contributed by atoms with van der Waals surface area (Å²) in [4.78, 5) is 28.3. The number of rotatable bonds is 8. The molecule has 41 heavy (non-hydrogen) atoms. The Labute approximate surface area is 235 Å². The number of hydrogen-bond acceptors (Lipinski definition) is 11. The molecule has 1 fully saturated rings. The molecule has 3 aliphatic heterocycles. The number of methoxy groups -OCH3 is 1. The van der Waals surface area contributed by atoms with Gasteiger partial charge in [0, 0.05) is 40.9 Å². The summed E-state index contributed by atoms with van der Waals surface area (Å²) in [5.41, 5.74) is 2.70. The third kappa shape index (κ3) is 5.37. The third-order valence-corrected chi connectivity index (χ3v) is 8.11. The first-order chi connectivity index (χ1) is 19.7. The van der Waals surface area contributed by atoms with Crippen molar-refractivity contribution in [1.82, 2.24) is 10.3 Å². The van der Waals surface area contributed by atoms with Crippen LogP contribution in [0, 0.1) is 11.8 Å². The molecule has 0 radical (unpaired) electrons. The Hall–Kier alpha value is -3.30. The zero-order chi connectivity index (χ0) is 29.4. The summed E-state index contributed by atoms with van der Waals surface area (Å²) in [7, 11) is 1.23. The molecule has 222 valence electrons. The zero-order valence-electron chi connectivity index (χ0n) is 22.3. The fraction of sp³-hybridized carbons (Fsp3) is 0.500. The van der Waals surface area contributed by atoms with Crippen LogP contribution in [0.4, 0.5) is 0 Å². The Morgan fingerprint density at radius 2 is 1.90 bits per heavy atom. The number of aromatic amines is 1. The first kappa shape index (κ1) is 29.2. The molecule has 4 heterocycles. The molecule has 0 spiro atoms. The summed E-state index contributed by atoms with van der Waals surface area (Å²) in [5, 5.41) is 54.3. The largest absolute Gasteiger partial charge is 0.480 e. The number of para-hydroxylation sites is 1. The molecular formula is C28H34N2O11. The van der Waals surface area contributed by atoms with Crippen molar-refractivity contribution in [3.05, 3.63) is 60.0 Å². The van der Waals surface area contributed by atoms with Crippen LogP contribution in [-0.4, -0.2) is 99.2 Å². The van der Waals surface area contributed by atoms with E-state index in [1.165, 1.54) is 19.4 Å². The van der Waals surface area contributed by atoms with Gasteiger partial charge in [0.15, 0.2) is 6.29 Å². The second-order valence-corrected chi connectivity index (χ2v) is 10.4. The highest BCUT2D eigenvalue weighted by Crippen LogP contribution is 2.42. The molecule has 1 aromatic carbocycles. The van der Waals surface area contributed by atoms with Gasteiger partial charge in [-0.1, -0.05) is 24.3 Å². The number of aliphatic hydroxyl groups is 4. The number of carboxylic acid groups (broad SMARTS) is 1. The molecule has 1 saturated heterocycles. The van der Waals surface area contributed by atoms with Crippen molar-refractivity contribution in [3.8, 4) is 0 Å². The Morgan fingerprint density at radius 3 is 2.59 bits per heavy atom. The molecule has 2 aromatic rings. The lowest BCUT2D eigenvalue weighted by molar-refractivity contribution is -0.339. The number of H-pyrrole nitrogens is 1. The van der Waals surface area contributed by atoms with Crippen LogP contribution in [0.25, 0.3) is 10.9 Å². The van der Waals surface area contributed by atoms with Gasteiger partial charge in [-0.05, 0) is 18.1 Å². The van der Waals surface area contributed by atoms with Crippen molar-refractivity contribution in [3.63, 3.8) is 0 Å². The predicted octanol–water partition coefficient (Wildman–Crippen LogP) is -0.154. The lowest BCUT2D eigenvalue weighted by Crippen LogP contribution is -2.60. The fourth-order valence-electron chi connectivity index (χ4n) is 5.95. The molecule has 7 N–H and O–H groups in total. The fourth-order valence-corrected chi connectivity index (χ4v) is 5.95. The number of aromatic nitrogens is 1. The Morgan fingerprint density at radius 1 is 1.15 bits per heavy atom. The number of nitrogens with one attached hydrogen (secondary N) is 2. The second-order valence-electron chi connectivity index (χ2n) is 10.4. The highest BCUT2D eigenvalue weighted by atomic mass is 16.8. The molecule has 5 rings (SSSR count). The smallest absolute Gasteiger partial charge is 0.337 e. The quantitative estimate of drug-likeness (QED) is 0.163. The van der Waals surface area contributed by atoms with Crippen molar-refractivity contribution >= 4 is 22.8 Å². The van der Waals surface area contributed by atoms with Gasteiger partial charge in [0.25, 0.3) is 0 Å². The molecule has 1 aromatic heterocycles. The molecule has 0 amide bonds. The maximum Gasteiger partial charge on any atom is 0.337 e. The molecule has 2 unspecified atom stereocenters. The third-order valence-electron chi connectivity index (χ3n) is 8.11. The number of carbonyl (C=O) groups excluding carboxylic acids is 1. The van der Waals surface area contributed by atoms with Gasteiger partial charge >= 0.3 is 11.9 Å². The molecule has 13 nitrogen and oxygen atoms in total. The van der Waals surface area contributed by atoms with Gasteiger partial charge in [0.1, 0.15) is 30.5 Å². The van der Waals surface area contributed by atoms with Gasteiger partial charge in [-0.2, -0.15) is 0 Å². The average Bonchev–Trinajstić information content (AvgIpc) is 3.36. The van der Waals surface area contributed by atoms with Crippen LogP contribution >= 0.6 is 0 Å². The number of aliphatic hydroxyl groups excluding tert-OH is 4. The van der Waals surface area contributed by atoms with E-state index in [0.29, 0.717) is 0 Å². The van der Waals surface area contributed by atoms with Gasteiger partial charge in [0.05, 0.1) is 25.6 Å². The van der Waals surface area contributed by atoms with Crippen molar-refractivity contribution in [2.75, 3.05) is 13.7 Å². The Balaban J connectivity index is 1.47. The summed E-state index contributed by atoms with van der Waals surface area (Å²) in [6.45, 7) is 3.26. The van der Waals surface area contributed by atoms with Gasteiger partial charge in [-0.15, -0.1) is 6.58 Å². The first-order valence-electron chi connectivity index (χ1n) is 13.3. The molecule has 0 saturated carbocycles. The van der Waals surface area contributed by atoms with Gasteiger partial charge in [-0.25, -0.2) is 4.79 Å². The van der Waals surface area contributed by atoms with Crippen LogP contribution < -0.4 is 5.32 Å². The molecule has 3 aliphatic rings. The number of benzene rings is 1. The number of ether oxygens (including phenoxy) is 4. The van der Waals surface area contributed by atoms with Crippen LogP contribution in [0.15, 0.2) is 48.8 Å². The summed E-state index contributed by atoms with van der Waals surface area (Å²) in [6.07, 6.45) is -5.57. The maximum atomic E-state index is 12.8. The van der Waals surface area contributed by atoms with Crippen LogP contribution in [0.5, 0.6) is 0 Å². The summed E-state index contributed by atoms with van der Waals surface area (Å²) in [6, 6.07) is 6.20. The highest BCUT2D eigenvalue weighted by molar-refractivity contribution is 5.89. The van der Waals surface area contributed by atoms with Crippen molar-refractivity contribution in [2.45, 2.75) is 61.9 Å². The van der Waals surface area contributed by atoms with E-state index >= 15 is 0 Å². The first-order valence-corrected chi connectivity index (χ1v) is 13.3. The van der Waals surface area contributed by atoms with Crippen molar-refractivity contribution < 1.29 is 54.1 Å². The van der Waals surface area contributed by atoms with E-state index in [-0.39, 0.29) is 18.4 Å². The van der Waals surface area contributed by atoms with Crippen molar-refractivity contribution in [2.24, 2.45) is 11.8 Å². The van der Waals surface area contributed by atoms with E-state index in [1.807, 2.05) is 24.3 Å². The number of carboxylic acids is 1. The predicted molar refractivity (Wildman–Crippen MR) is 141 cm³/mol. The van der Waals surface area contributed by atoms with Crippen LogP contribution in [-0.2, 0) is 35.0 Å². The highest BCUT2D eigenvalue weighted by Gasteiger charge is 2.48. The molecule has 10 atom stereocenters. The minimum absolute atomic E-state index is 0.169. The normalized spacial score (nSPS) is 35.2. The van der Waals surface area contributed by atoms with E-state index in [2.05, 4.69) is 16.9 Å². The van der Waals surface area contributed by atoms with E-state index in [0.717, 1.165) is 22.2 Å². The summed E-state index contributed by atoms with van der Waals surface area (Å²) < 4.78 is 22.1. The molecule has 13 heteroatoms. The molecule has 0 aliphatic carbocycles. The SMILES string of the molecule is C=CC1C(C[C@@H]2N[C@H](C(=O)O)Cc3c2[nH]c2ccccc32)C(C(=O)OC)=CO[C@H]1O[C@@H]1O[C@H](CO)[C@@H](O)[C@H](O)[C@H]1O.